The number of rotatable bonds is 11. The van der Waals surface area contributed by atoms with Gasteiger partial charge in [-0.15, -0.1) is 0 Å². The van der Waals surface area contributed by atoms with Crippen LogP contribution in [0.25, 0.3) is 0 Å². The molecule has 36 heavy (non-hydrogen) atoms. The summed E-state index contributed by atoms with van der Waals surface area (Å²) in [6.07, 6.45) is 1.76. The highest BCUT2D eigenvalue weighted by Gasteiger charge is 2.44. The van der Waals surface area contributed by atoms with Crippen molar-refractivity contribution in [3.05, 3.63) is 12.7 Å². The Labute approximate surface area is 211 Å². The van der Waals surface area contributed by atoms with Crippen LogP contribution >= 0.6 is 0 Å². The van der Waals surface area contributed by atoms with E-state index in [0.717, 1.165) is 0 Å². The molecule has 0 aliphatic carbocycles. The lowest BCUT2D eigenvalue weighted by Crippen LogP contribution is -2.60. The van der Waals surface area contributed by atoms with Gasteiger partial charge in [0.2, 0.25) is 17.6 Å². The lowest BCUT2D eigenvalue weighted by molar-refractivity contribution is -0.145. The molecular formula is C24H39N5O7. The fraction of sp³-hybridized carbons (Fsp3) is 0.667. The Hall–Kier alpha value is -3.44. The largest absolute Gasteiger partial charge is 0.460 e. The number of hydrogen-bond donors (Lipinski definition) is 4. The Morgan fingerprint density at radius 3 is 2.25 bits per heavy atom. The van der Waals surface area contributed by atoms with Crippen molar-refractivity contribution in [1.29, 1.82) is 0 Å². The van der Waals surface area contributed by atoms with Crippen LogP contribution in [-0.2, 0) is 28.7 Å². The number of ketones is 1. The topological polar surface area (TPSA) is 177 Å². The number of amides is 5. The molecule has 0 bridgehead atoms. The Kier molecular flexibility index (Phi) is 11.1. The van der Waals surface area contributed by atoms with Gasteiger partial charge in [-0.3, -0.25) is 19.2 Å². The van der Waals surface area contributed by atoms with E-state index < -0.39 is 65.6 Å². The molecule has 0 radical (unpaired) electrons. The first-order valence-corrected chi connectivity index (χ1v) is 11.9. The second-order valence-corrected chi connectivity index (χ2v) is 10.4. The molecule has 1 aliphatic rings. The molecule has 0 unspecified atom stereocenters. The zero-order valence-electron chi connectivity index (χ0n) is 21.9. The minimum atomic E-state index is -1.17. The van der Waals surface area contributed by atoms with Gasteiger partial charge in [0.1, 0.15) is 24.7 Å². The highest BCUT2D eigenvalue weighted by molar-refractivity contribution is 6.36. The molecule has 12 nitrogen and oxygen atoms in total. The second-order valence-electron chi connectivity index (χ2n) is 10.4. The van der Waals surface area contributed by atoms with E-state index in [1.807, 2.05) is 6.92 Å². The van der Waals surface area contributed by atoms with Crippen LogP contribution in [0.1, 0.15) is 48.0 Å². The number of primary amides is 1. The van der Waals surface area contributed by atoms with Crippen LogP contribution in [0.4, 0.5) is 4.79 Å². The summed E-state index contributed by atoms with van der Waals surface area (Å²) in [5.41, 5.74) is 4.17. The fourth-order valence-corrected chi connectivity index (χ4v) is 3.77. The number of urea groups is 1. The minimum absolute atomic E-state index is 0.00388. The fourth-order valence-electron chi connectivity index (χ4n) is 3.77. The van der Waals surface area contributed by atoms with Crippen molar-refractivity contribution in [1.82, 2.24) is 20.9 Å². The number of esters is 1. The van der Waals surface area contributed by atoms with E-state index in [-0.39, 0.29) is 25.0 Å². The molecule has 5 amide bonds. The standard InChI is InChI=1S/C24H39N5O7/c1-8-9-36-22(34)17(13(2)3)27-23(35)28-18(24(5,6)7)21(33)29-12-14(4)10-15(29)20(32)26-11-16(30)19(25)31/h8,13-15,17-18H,1,9-12H2,2-7H3,(H2,25,31)(H,26,32)(H2,27,28,35)/t14-,15+,17+,18-/m1/s1. The summed E-state index contributed by atoms with van der Waals surface area (Å²) < 4.78 is 5.05. The summed E-state index contributed by atoms with van der Waals surface area (Å²) in [6.45, 7) is 13.8. The summed E-state index contributed by atoms with van der Waals surface area (Å²) in [5.74, 6) is -4.13. The molecule has 5 N–H and O–H groups in total. The molecule has 0 aromatic carbocycles. The summed E-state index contributed by atoms with van der Waals surface area (Å²) in [7, 11) is 0. The van der Waals surface area contributed by atoms with Crippen LogP contribution in [0.2, 0.25) is 0 Å². The molecule has 1 heterocycles. The van der Waals surface area contributed by atoms with Crippen LogP contribution in [0, 0.1) is 17.3 Å². The Morgan fingerprint density at radius 2 is 1.75 bits per heavy atom. The first-order chi connectivity index (χ1) is 16.6. The predicted octanol–water partition coefficient (Wildman–Crippen LogP) is -0.138. The number of Topliss-reactive ketones (excluding diaryl/α,β-unsaturated/α-hetero) is 1. The van der Waals surface area contributed by atoms with Gasteiger partial charge in [-0.25, -0.2) is 9.59 Å². The van der Waals surface area contributed by atoms with Crippen LogP contribution < -0.4 is 21.7 Å². The quantitative estimate of drug-likeness (QED) is 0.170. The molecule has 1 fully saturated rings. The number of nitrogens with one attached hydrogen (secondary N) is 3. The van der Waals surface area contributed by atoms with Gasteiger partial charge in [-0.05, 0) is 23.7 Å². The third kappa shape index (κ3) is 8.65. The molecule has 1 rings (SSSR count). The van der Waals surface area contributed by atoms with Gasteiger partial charge in [-0.2, -0.15) is 0 Å². The molecule has 12 heteroatoms. The van der Waals surface area contributed by atoms with Crippen molar-refractivity contribution in [2.75, 3.05) is 19.7 Å². The predicted molar refractivity (Wildman–Crippen MR) is 131 cm³/mol. The van der Waals surface area contributed by atoms with Crippen molar-refractivity contribution in [2.24, 2.45) is 23.0 Å². The number of likely N-dealkylation sites (tertiary alicyclic amines) is 1. The van der Waals surface area contributed by atoms with Crippen molar-refractivity contribution in [3.63, 3.8) is 0 Å². The van der Waals surface area contributed by atoms with Gasteiger partial charge in [0.15, 0.2) is 0 Å². The Balaban J connectivity index is 3.04. The number of hydrogen-bond acceptors (Lipinski definition) is 7. The monoisotopic (exact) mass is 509 g/mol. The normalized spacial score (nSPS) is 19.1. The highest BCUT2D eigenvalue weighted by atomic mass is 16.5. The zero-order chi connectivity index (χ0) is 27.8. The molecule has 0 saturated carbocycles. The van der Waals surface area contributed by atoms with E-state index in [1.54, 1.807) is 34.6 Å². The number of ether oxygens (including phenoxy) is 1. The average molecular weight is 510 g/mol. The van der Waals surface area contributed by atoms with Gasteiger partial charge < -0.3 is 31.3 Å². The molecule has 0 aromatic rings. The molecular weight excluding hydrogens is 470 g/mol. The zero-order valence-corrected chi connectivity index (χ0v) is 21.9. The molecule has 0 spiro atoms. The molecule has 202 valence electrons. The van der Waals surface area contributed by atoms with E-state index in [2.05, 4.69) is 22.5 Å². The van der Waals surface area contributed by atoms with Crippen LogP contribution in [-0.4, -0.2) is 78.2 Å². The lowest BCUT2D eigenvalue weighted by Gasteiger charge is -2.35. The van der Waals surface area contributed by atoms with Crippen LogP contribution in [0.15, 0.2) is 12.7 Å². The SMILES string of the molecule is C=CCOC(=O)[C@@H](NC(=O)N[C@H](C(=O)N1C[C@H](C)C[C@H]1C(=O)NCC(=O)C(N)=O)C(C)(C)C)C(C)C. The first-order valence-electron chi connectivity index (χ1n) is 11.9. The minimum Gasteiger partial charge on any atom is -0.460 e. The number of nitrogens with zero attached hydrogens (tertiary/aromatic N) is 1. The number of carbonyl (C=O) groups excluding carboxylic acids is 6. The Morgan fingerprint density at radius 1 is 1.14 bits per heavy atom. The van der Waals surface area contributed by atoms with Gasteiger partial charge in [-0.1, -0.05) is 54.2 Å². The first kappa shape index (κ1) is 30.6. The lowest BCUT2D eigenvalue weighted by atomic mass is 9.85. The van der Waals surface area contributed by atoms with Crippen molar-refractivity contribution in [3.8, 4) is 0 Å². The van der Waals surface area contributed by atoms with Crippen LogP contribution in [0.3, 0.4) is 0 Å². The molecule has 4 atom stereocenters. The van der Waals surface area contributed by atoms with Gasteiger partial charge >= 0.3 is 12.0 Å². The van der Waals surface area contributed by atoms with Gasteiger partial charge in [0, 0.05) is 6.54 Å². The maximum absolute atomic E-state index is 13.6. The van der Waals surface area contributed by atoms with Gasteiger partial charge in [0.05, 0.1) is 6.54 Å². The van der Waals surface area contributed by atoms with Crippen molar-refractivity contribution < 1.29 is 33.5 Å². The van der Waals surface area contributed by atoms with E-state index in [1.165, 1.54) is 11.0 Å². The van der Waals surface area contributed by atoms with Crippen molar-refractivity contribution in [2.45, 2.75) is 66.1 Å². The van der Waals surface area contributed by atoms with E-state index in [9.17, 15) is 28.8 Å². The maximum Gasteiger partial charge on any atom is 0.329 e. The maximum atomic E-state index is 13.6. The number of carbonyl (C=O) groups is 6. The second kappa shape index (κ2) is 13.0. The van der Waals surface area contributed by atoms with E-state index in [4.69, 9.17) is 10.5 Å². The summed E-state index contributed by atoms with van der Waals surface area (Å²) in [4.78, 5) is 75.3. The summed E-state index contributed by atoms with van der Waals surface area (Å²) >= 11 is 0. The van der Waals surface area contributed by atoms with Gasteiger partial charge in [0.25, 0.3) is 5.91 Å². The molecule has 1 aliphatic heterocycles. The van der Waals surface area contributed by atoms with E-state index >= 15 is 0 Å². The third-order valence-corrected chi connectivity index (χ3v) is 5.73. The van der Waals surface area contributed by atoms with Crippen LogP contribution in [0.5, 0.6) is 0 Å². The highest BCUT2D eigenvalue weighted by Crippen LogP contribution is 2.28. The molecule has 0 aromatic heterocycles. The number of nitrogens with two attached hydrogens (primary N) is 1. The smallest absolute Gasteiger partial charge is 0.329 e. The van der Waals surface area contributed by atoms with Crippen molar-refractivity contribution >= 4 is 35.5 Å². The van der Waals surface area contributed by atoms with E-state index in [0.29, 0.717) is 6.42 Å². The average Bonchev–Trinajstić information content (AvgIpc) is 3.17. The summed E-state index contributed by atoms with van der Waals surface area (Å²) in [5, 5.41) is 7.58. The third-order valence-electron chi connectivity index (χ3n) is 5.73. The summed E-state index contributed by atoms with van der Waals surface area (Å²) in [6, 6.07) is -3.62. The molecule has 1 saturated heterocycles. The Bertz CT molecular complexity index is 881.